The minimum Gasteiger partial charge on any atom is -0.489 e. The van der Waals surface area contributed by atoms with E-state index in [1.165, 1.54) is 11.1 Å². The van der Waals surface area contributed by atoms with Gasteiger partial charge in [0.15, 0.2) is 0 Å². The van der Waals surface area contributed by atoms with Gasteiger partial charge in [0.25, 0.3) is 0 Å². The monoisotopic (exact) mass is 634 g/mol. The highest BCUT2D eigenvalue weighted by Crippen LogP contribution is 2.55. The van der Waals surface area contributed by atoms with Gasteiger partial charge in [0.2, 0.25) is 0 Å². The number of para-hydroxylation sites is 1. The van der Waals surface area contributed by atoms with Crippen LogP contribution in [0.1, 0.15) is 29.2 Å². The molecule has 0 saturated heterocycles. The fourth-order valence-electron chi connectivity index (χ4n) is 5.84. The Hall–Kier alpha value is -5.31. The predicted octanol–water partition coefficient (Wildman–Crippen LogP) is 10.0. The number of rotatable bonds is 10. The van der Waals surface area contributed by atoms with Crippen molar-refractivity contribution >= 4 is 24.1 Å². The van der Waals surface area contributed by atoms with Gasteiger partial charge in [-0.2, -0.15) is 0 Å². The summed E-state index contributed by atoms with van der Waals surface area (Å²) in [6.07, 6.45) is 2.83. The molecule has 7 rings (SSSR count). The quantitative estimate of drug-likeness (QED) is 0.141. The van der Waals surface area contributed by atoms with Crippen LogP contribution in [0.25, 0.3) is 28.3 Å². The lowest BCUT2D eigenvalue weighted by Crippen LogP contribution is -2.26. The van der Waals surface area contributed by atoms with Crippen molar-refractivity contribution in [1.82, 2.24) is 0 Å². The van der Waals surface area contributed by atoms with Crippen molar-refractivity contribution in [3.63, 3.8) is 0 Å². The Balaban J connectivity index is 1.19. The zero-order valence-electron chi connectivity index (χ0n) is 26.3. The van der Waals surface area contributed by atoms with E-state index < -0.39 is 7.37 Å². The molecule has 0 fully saturated rings. The van der Waals surface area contributed by atoms with E-state index in [1.54, 1.807) is 0 Å². The van der Waals surface area contributed by atoms with Gasteiger partial charge in [-0.25, -0.2) is 0 Å². The first-order valence-electron chi connectivity index (χ1n) is 15.8. The summed E-state index contributed by atoms with van der Waals surface area (Å²) in [5, 5.41) is 1.10. The van der Waals surface area contributed by atoms with Crippen molar-refractivity contribution < 1.29 is 18.6 Å². The molecule has 6 aromatic rings. The van der Waals surface area contributed by atoms with Crippen LogP contribution in [0, 0.1) is 0 Å². The number of hydrogen-bond donors (Lipinski definition) is 0. The molecule has 0 bridgehead atoms. The number of ether oxygens (including phenoxy) is 2. The normalized spacial score (nSPS) is 14.7. The third-order valence-electron chi connectivity index (χ3n) is 8.54. The molecule has 4 nitrogen and oxygen atoms in total. The first-order chi connectivity index (χ1) is 23.0. The molecule has 47 heavy (non-hydrogen) atoms. The topological polar surface area (TPSA) is 44.8 Å². The van der Waals surface area contributed by atoms with Crippen molar-refractivity contribution in [2.75, 3.05) is 0 Å². The Bertz CT molecular complexity index is 2080. The molecule has 232 valence electrons. The molecule has 1 aliphatic heterocycles. The van der Waals surface area contributed by atoms with Crippen LogP contribution in [-0.2, 0) is 24.2 Å². The van der Waals surface area contributed by atoms with Gasteiger partial charge in [-0.3, -0.25) is 4.57 Å². The molecule has 1 unspecified atom stereocenters. The standard InChI is InChI=1S/C42H35O4P/c1-3-30-13-15-32(16-14-30)29-45-40-26-25-36(44-28-33-19-23-35(24-20-33)34-21-17-31(4-2)18-22-34)27-42(40)47(43)41-12-8-6-10-38(41)37-9-5-7-11-39(37)46-47/h3,5-27H,1,4,28-29H2,2H3. The number of fused-ring (bicyclic) bond motifs is 3. The van der Waals surface area contributed by atoms with Crippen LogP contribution in [-0.4, -0.2) is 0 Å². The first kappa shape index (κ1) is 30.3. The van der Waals surface area contributed by atoms with E-state index in [9.17, 15) is 0 Å². The van der Waals surface area contributed by atoms with Gasteiger partial charge in [-0.1, -0.05) is 129 Å². The number of benzene rings is 6. The molecule has 0 amide bonds. The number of aryl methyl sites for hydroxylation is 1. The van der Waals surface area contributed by atoms with Crippen LogP contribution in [0.4, 0.5) is 0 Å². The minimum absolute atomic E-state index is 0.302. The van der Waals surface area contributed by atoms with Crippen LogP contribution >= 0.6 is 7.37 Å². The van der Waals surface area contributed by atoms with Crippen molar-refractivity contribution in [3.8, 4) is 39.5 Å². The zero-order valence-corrected chi connectivity index (χ0v) is 27.2. The van der Waals surface area contributed by atoms with Gasteiger partial charge in [-0.15, -0.1) is 0 Å². The summed E-state index contributed by atoms with van der Waals surface area (Å²) >= 11 is 0. The second-order valence-corrected chi connectivity index (χ2v) is 13.8. The average Bonchev–Trinajstić information content (AvgIpc) is 3.14. The average molecular weight is 635 g/mol. The van der Waals surface area contributed by atoms with E-state index in [2.05, 4.69) is 62.0 Å². The van der Waals surface area contributed by atoms with Crippen molar-refractivity contribution in [2.24, 2.45) is 0 Å². The van der Waals surface area contributed by atoms with E-state index >= 15 is 4.57 Å². The SMILES string of the molecule is C=Cc1ccc(COc2ccc(OCc3ccc(-c4ccc(CC)cc4)cc3)cc2P2(=O)Oc3ccccc3-c3ccccc32)cc1. The summed E-state index contributed by atoms with van der Waals surface area (Å²) in [5.74, 6) is 1.65. The van der Waals surface area contributed by atoms with E-state index in [4.69, 9.17) is 14.0 Å². The second-order valence-electron chi connectivity index (χ2n) is 11.6. The molecule has 0 saturated carbocycles. The fraction of sp³-hybridized carbons (Fsp3) is 0.0952. The highest BCUT2D eigenvalue weighted by Gasteiger charge is 2.40. The summed E-state index contributed by atoms with van der Waals surface area (Å²) in [6.45, 7) is 6.66. The van der Waals surface area contributed by atoms with Crippen molar-refractivity contribution in [1.29, 1.82) is 0 Å². The molecule has 5 heteroatoms. The van der Waals surface area contributed by atoms with E-state index in [0.717, 1.165) is 39.8 Å². The van der Waals surface area contributed by atoms with Crippen LogP contribution < -0.4 is 24.6 Å². The molecule has 0 aromatic heterocycles. The largest absolute Gasteiger partial charge is 0.489 e. The lowest BCUT2D eigenvalue weighted by atomic mass is 10.0. The molecule has 0 radical (unpaired) electrons. The number of hydrogen-bond acceptors (Lipinski definition) is 4. The van der Waals surface area contributed by atoms with Gasteiger partial charge in [-0.05, 0) is 75.7 Å². The Morgan fingerprint density at radius 1 is 0.638 bits per heavy atom. The molecule has 1 aliphatic rings. The Kier molecular flexibility index (Phi) is 8.52. The maximum atomic E-state index is 15.2. The maximum Gasteiger partial charge on any atom is 0.311 e. The van der Waals surface area contributed by atoms with E-state index in [0.29, 0.717) is 41.1 Å². The Morgan fingerprint density at radius 3 is 1.91 bits per heavy atom. The summed E-state index contributed by atoms with van der Waals surface area (Å²) in [5.41, 5.74) is 8.52. The molecular formula is C42H35O4P. The van der Waals surface area contributed by atoms with Gasteiger partial charge < -0.3 is 14.0 Å². The van der Waals surface area contributed by atoms with E-state index in [-0.39, 0.29) is 0 Å². The van der Waals surface area contributed by atoms with Crippen LogP contribution in [0.3, 0.4) is 0 Å². The lowest BCUT2D eigenvalue weighted by Gasteiger charge is -2.30. The molecule has 0 aliphatic carbocycles. The lowest BCUT2D eigenvalue weighted by molar-refractivity contribution is 0.299. The third-order valence-corrected chi connectivity index (χ3v) is 11.0. The van der Waals surface area contributed by atoms with Crippen LogP contribution in [0.2, 0.25) is 0 Å². The van der Waals surface area contributed by atoms with E-state index in [1.807, 2.05) is 97.1 Å². The van der Waals surface area contributed by atoms with Crippen LogP contribution in [0.15, 0.2) is 146 Å². The van der Waals surface area contributed by atoms with Gasteiger partial charge >= 0.3 is 7.37 Å². The van der Waals surface area contributed by atoms with Gasteiger partial charge in [0.1, 0.15) is 30.5 Å². The molecule has 0 N–H and O–H groups in total. The highest BCUT2D eigenvalue weighted by atomic mass is 31.2. The smallest absolute Gasteiger partial charge is 0.311 e. The summed E-state index contributed by atoms with van der Waals surface area (Å²) in [6, 6.07) is 46.0. The third kappa shape index (κ3) is 6.25. The molecule has 1 heterocycles. The molecule has 6 aromatic carbocycles. The van der Waals surface area contributed by atoms with Gasteiger partial charge in [0.05, 0.1) is 10.6 Å². The van der Waals surface area contributed by atoms with Gasteiger partial charge in [0, 0.05) is 5.56 Å². The predicted molar refractivity (Wildman–Crippen MR) is 192 cm³/mol. The van der Waals surface area contributed by atoms with Crippen molar-refractivity contribution in [2.45, 2.75) is 26.6 Å². The Labute approximate surface area is 276 Å². The fourth-order valence-corrected chi connectivity index (χ4v) is 8.25. The summed E-state index contributed by atoms with van der Waals surface area (Å²) in [4.78, 5) is 0. The van der Waals surface area contributed by atoms with Crippen LogP contribution in [0.5, 0.6) is 17.2 Å². The molecular weight excluding hydrogens is 599 g/mol. The minimum atomic E-state index is -3.65. The molecule has 1 atom stereocenters. The maximum absolute atomic E-state index is 15.2. The highest BCUT2D eigenvalue weighted by molar-refractivity contribution is 7.75. The summed E-state index contributed by atoms with van der Waals surface area (Å²) in [7, 11) is -3.65. The van der Waals surface area contributed by atoms with Crippen molar-refractivity contribution in [3.05, 3.63) is 168 Å². The molecule has 0 spiro atoms. The zero-order chi connectivity index (χ0) is 32.2. The second kappa shape index (κ2) is 13.2. The first-order valence-corrected chi connectivity index (χ1v) is 17.4. The Morgan fingerprint density at radius 2 is 1.23 bits per heavy atom. The summed E-state index contributed by atoms with van der Waals surface area (Å²) < 4.78 is 34.3.